The van der Waals surface area contributed by atoms with Crippen LogP contribution in [0.4, 0.5) is 4.32 Å². The molecule has 0 saturated carbocycles. The number of aliphatic imine (C=N–C) groups is 1. The van der Waals surface area contributed by atoms with E-state index in [0.29, 0.717) is 7.69 Å². The molecule has 0 fully saturated rings. The summed E-state index contributed by atoms with van der Waals surface area (Å²) in [5.74, 6) is 0. The predicted octanol–water partition coefficient (Wildman–Crippen LogP) is 7.90. The van der Waals surface area contributed by atoms with Gasteiger partial charge in [-0.3, -0.25) is 0 Å². The Morgan fingerprint density at radius 1 is 0.694 bits per heavy atom. The Hall–Kier alpha value is -4.44. The number of benzene rings is 4. The highest BCUT2D eigenvalue weighted by molar-refractivity contribution is 6.29. The van der Waals surface area contributed by atoms with Crippen molar-refractivity contribution < 1.29 is 4.32 Å². The molecule has 0 unspecified atom stereocenters. The molecule has 6 rings (SSSR count). The van der Waals surface area contributed by atoms with Crippen molar-refractivity contribution >= 4 is 35.8 Å². The van der Waals surface area contributed by atoms with E-state index in [0.717, 1.165) is 55.8 Å². The molecule has 4 heteroatoms. The van der Waals surface area contributed by atoms with E-state index >= 15 is 0 Å². The van der Waals surface area contributed by atoms with Gasteiger partial charge in [-0.15, -0.1) is 0 Å². The van der Waals surface area contributed by atoms with Crippen molar-refractivity contribution in [3.05, 3.63) is 143 Å². The van der Waals surface area contributed by atoms with E-state index < -0.39 is 0 Å². The van der Waals surface area contributed by atoms with Crippen LogP contribution in [0.5, 0.6) is 0 Å². The van der Waals surface area contributed by atoms with Crippen molar-refractivity contribution in [3.8, 4) is 11.3 Å². The summed E-state index contributed by atoms with van der Waals surface area (Å²) in [5, 5.41) is 1.97. The van der Waals surface area contributed by atoms with Crippen LogP contribution in [-0.4, -0.2) is 17.9 Å². The summed E-state index contributed by atoms with van der Waals surface area (Å²) in [6.07, 6.45) is 4.12. The molecular formula is C32H23BFN2. The van der Waals surface area contributed by atoms with Crippen LogP contribution in [0.1, 0.15) is 22.4 Å². The molecule has 1 aliphatic heterocycles. The zero-order chi connectivity index (χ0) is 24.5. The van der Waals surface area contributed by atoms with Gasteiger partial charge >= 0.3 is 7.69 Å². The summed E-state index contributed by atoms with van der Waals surface area (Å²) < 4.78 is 16.3. The molecule has 0 bridgehead atoms. The van der Waals surface area contributed by atoms with Gasteiger partial charge in [0.15, 0.2) is 0 Å². The molecule has 171 valence electrons. The third-order valence-electron chi connectivity index (χ3n) is 6.61. The minimum atomic E-state index is 0.657. The fraction of sp³-hybridized carbons (Fsp3) is 0.0312. The fourth-order valence-corrected chi connectivity index (χ4v) is 4.83. The summed E-state index contributed by atoms with van der Waals surface area (Å²) in [6.45, 7) is 2.05. The Morgan fingerprint density at radius 2 is 1.31 bits per heavy atom. The summed E-state index contributed by atoms with van der Waals surface area (Å²) in [4.78, 5) is 5.02. The molecule has 1 aliphatic rings. The first-order valence-electron chi connectivity index (χ1n) is 12.0. The maximum Gasteiger partial charge on any atom is 0.495 e. The average molecular weight is 465 g/mol. The molecule has 0 aliphatic carbocycles. The van der Waals surface area contributed by atoms with Gasteiger partial charge in [0.25, 0.3) is 0 Å². The van der Waals surface area contributed by atoms with Crippen LogP contribution in [0, 0.1) is 6.92 Å². The van der Waals surface area contributed by atoms with Crippen molar-refractivity contribution in [1.29, 1.82) is 0 Å². The summed E-state index contributed by atoms with van der Waals surface area (Å²) in [6, 6.07) is 36.7. The number of aryl methyl sites for hydroxylation is 1. The normalized spacial score (nSPS) is 14.2. The van der Waals surface area contributed by atoms with Crippen LogP contribution in [0.25, 0.3) is 33.7 Å². The molecule has 1 aromatic heterocycles. The lowest BCUT2D eigenvalue weighted by atomic mass is 10.0. The molecule has 4 aromatic carbocycles. The van der Waals surface area contributed by atoms with E-state index in [-0.39, 0.29) is 0 Å². The standard InChI is InChI=1S/C32H23BFN2/c1-22-16-18-25(19-17-22)32-27-15-9-8-14-26(27)31(36(32)33-34)21-30-28(23-10-4-2-5-11-23)20-29(35-30)24-12-6-3-7-13-24/h2-21H,1H3. The van der Waals surface area contributed by atoms with Gasteiger partial charge in [-0.1, -0.05) is 115 Å². The molecule has 0 spiro atoms. The second-order valence-corrected chi connectivity index (χ2v) is 8.93. The number of halogens is 1. The Balaban J connectivity index is 1.58. The molecule has 2 heterocycles. The lowest BCUT2D eigenvalue weighted by Crippen LogP contribution is -2.05. The molecule has 0 N–H and O–H groups in total. The monoisotopic (exact) mass is 465 g/mol. The Morgan fingerprint density at radius 3 is 1.97 bits per heavy atom. The van der Waals surface area contributed by atoms with Crippen molar-refractivity contribution in [2.45, 2.75) is 6.92 Å². The van der Waals surface area contributed by atoms with Gasteiger partial charge in [0, 0.05) is 33.3 Å². The third kappa shape index (κ3) is 3.91. The molecule has 0 atom stereocenters. The smallest absolute Gasteiger partial charge is 0.357 e. The first kappa shape index (κ1) is 22.1. The van der Waals surface area contributed by atoms with Crippen molar-refractivity contribution in [1.82, 2.24) is 4.48 Å². The molecule has 1 radical (unpaired) electrons. The fourth-order valence-electron chi connectivity index (χ4n) is 4.83. The van der Waals surface area contributed by atoms with Gasteiger partial charge in [-0.2, -0.15) is 0 Å². The van der Waals surface area contributed by atoms with Crippen LogP contribution in [0.3, 0.4) is 0 Å². The van der Waals surface area contributed by atoms with E-state index in [1.54, 1.807) is 4.48 Å². The molecule has 0 saturated heterocycles. The molecule has 0 amide bonds. The van der Waals surface area contributed by atoms with E-state index in [2.05, 4.69) is 49.4 Å². The molecular weight excluding hydrogens is 442 g/mol. The van der Waals surface area contributed by atoms with Gasteiger partial charge < -0.3 is 8.79 Å². The number of aromatic nitrogens is 1. The van der Waals surface area contributed by atoms with Crippen molar-refractivity contribution in [3.63, 3.8) is 0 Å². The molecule has 2 nitrogen and oxygen atoms in total. The van der Waals surface area contributed by atoms with Crippen molar-refractivity contribution in [2.24, 2.45) is 4.99 Å². The van der Waals surface area contributed by atoms with E-state index in [1.165, 1.54) is 5.56 Å². The SMILES string of the molecule is Cc1ccc(-c2c3ccccc3c(C=C3N=C(c4ccccc4)C=C3c3ccccc3)n2[B]F)cc1. The van der Waals surface area contributed by atoms with E-state index in [9.17, 15) is 4.32 Å². The highest BCUT2D eigenvalue weighted by atomic mass is 19.1. The predicted molar refractivity (Wildman–Crippen MR) is 150 cm³/mol. The van der Waals surface area contributed by atoms with Gasteiger partial charge in [-0.05, 0) is 30.2 Å². The lowest BCUT2D eigenvalue weighted by Gasteiger charge is -2.09. The highest BCUT2D eigenvalue weighted by Crippen LogP contribution is 2.38. The third-order valence-corrected chi connectivity index (χ3v) is 6.61. The number of fused-ring (bicyclic) bond motifs is 1. The Bertz CT molecular complexity index is 1640. The molecule has 5 aromatic rings. The number of hydrogen-bond donors (Lipinski definition) is 0. The first-order valence-corrected chi connectivity index (χ1v) is 12.0. The van der Waals surface area contributed by atoms with Crippen LogP contribution in [0.2, 0.25) is 0 Å². The number of allylic oxidation sites excluding steroid dienone is 2. The van der Waals surface area contributed by atoms with Crippen molar-refractivity contribution in [2.75, 3.05) is 0 Å². The second-order valence-electron chi connectivity index (χ2n) is 8.93. The van der Waals surface area contributed by atoms with Crippen LogP contribution in [0.15, 0.2) is 126 Å². The number of rotatable bonds is 5. The zero-order valence-corrected chi connectivity index (χ0v) is 19.9. The second kappa shape index (κ2) is 9.31. The number of nitrogens with zero attached hydrogens (tertiary/aromatic N) is 2. The van der Waals surface area contributed by atoms with Crippen LogP contribution < -0.4 is 0 Å². The molecule has 36 heavy (non-hydrogen) atoms. The topological polar surface area (TPSA) is 17.3 Å². The highest BCUT2D eigenvalue weighted by Gasteiger charge is 2.22. The summed E-state index contributed by atoms with van der Waals surface area (Å²) in [7, 11) is 0.657. The quantitative estimate of drug-likeness (QED) is 0.235. The van der Waals surface area contributed by atoms with Gasteiger partial charge in [0.05, 0.1) is 11.4 Å². The first-order chi connectivity index (χ1) is 17.7. The van der Waals surface area contributed by atoms with Gasteiger partial charge in [0.2, 0.25) is 0 Å². The Kier molecular flexibility index (Phi) is 5.70. The maximum absolute atomic E-state index is 14.6. The van der Waals surface area contributed by atoms with Gasteiger partial charge in [0.1, 0.15) is 0 Å². The van der Waals surface area contributed by atoms with E-state index in [4.69, 9.17) is 4.99 Å². The summed E-state index contributed by atoms with van der Waals surface area (Å²) in [5.41, 5.74) is 8.56. The maximum atomic E-state index is 14.6. The van der Waals surface area contributed by atoms with Gasteiger partial charge in [-0.25, -0.2) is 4.99 Å². The number of hydrogen-bond acceptors (Lipinski definition) is 1. The largest absolute Gasteiger partial charge is 0.495 e. The van der Waals surface area contributed by atoms with Crippen LogP contribution >= 0.6 is 0 Å². The minimum Gasteiger partial charge on any atom is -0.357 e. The minimum absolute atomic E-state index is 0.657. The van der Waals surface area contributed by atoms with Crippen LogP contribution in [-0.2, 0) is 0 Å². The summed E-state index contributed by atoms with van der Waals surface area (Å²) >= 11 is 0. The van der Waals surface area contributed by atoms with E-state index in [1.807, 2.05) is 78.9 Å². The average Bonchev–Trinajstić information content (AvgIpc) is 3.50. The Labute approximate surface area is 211 Å². The zero-order valence-electron chi connectivity index (χ0n) is 19.9. The lowest BCUT2D eigenvalue weighted by molar-refractivity contribution is 0.835.